The van der Waals surface area contributed by atoms with Gasteiger partial charge in [0, 0.05) is 6.04 Å². The number of nitrogens with one attached hydrogen (secondary N) is 1. The van der Waals surface area contributed by atoms with Gasteiger partial charge < -0.3 is 10.1 Å². The maximum absolute atomic E-state index is 12.9. The van der Waals surface area contributed by atoms with Crippen molar-refractivity contribution in [1.82, 2.24) is 0 Å². The van der Waals surface area contributed by atoms with Gasteiger partial charge in [0.2, 0.25) is 0 Å². The van der Waals surface area contributed by atoms with Crippen LogP contribution < -0.4 is 10.1 Å². The molecule has 0 spiro atoms. The molecule has 2 nitrogen and oxygen atoms in total. The van der Waals surface area contributed by atoms with E-state index in [1.54, 1.807) is 0 Å². The Morgan fingerprint density at radius 3 is 2.52 bits per heavy atom. The Morgan fingerprint density at radius 2 is 1.86 bits per heavy atom. The van der Waals surface area contributed by atoms with Gasteiger partial charge in [0.1, 0.15) is 11.6 Å². The van der Waals surface area contributed by atoms with Crippen molar-refractivity contribution in [2.24, 2.45) is 0 Å². The number of benzene rings is 2. The highest BCUT2D eigenvalue weighted by atomic mass is 19.1. The summed E-state index contributed by atoms with van der Waals surface area (Å²) in [5.74, 6) is 0.681. The van der Waals surface area contributed by atoms with E-state index in [1.165, 1.54) is 17.7 Å². The normalized spacial score (nSPS) is 12.0. The van der Waals surface area contributed by atoms with E-state index in [9.17, 15) is 4.39 Å². The summed E-state index contributed by atoms with van der Waals surface area (Å²) < 4.78 is 18.6. The van der Waals surface area contributed by atoms with Gasteiger partial charge in [0.05, 0.1) is 12.3 Å². The largest absolute Gasteiger partial charge is 0.492 e. The summed E-state index contributed by atoms with van der Waals surface area (Å²) in [4.78, 5) is 0. The van der Waals surface area contributed by atoms with E-state index in [-0.39, 0.29) is 11.9 Å². The molecule has 1 unspecified atom stereocenters. The first kappa shape index (κ1) is 15.4. The molecule has 0 fully saturated rings. The van der Waals surface area contributed by atoms with Gasteiger partial charge in [0.15, 0.2) is 0 Å². The number of halogens is 1. The van der Waals surface area contributed by atoms with Crippen LogP contribution in [0.4, 0.5) is 10.1 Å². The Labute approximate surface area is 126 Å². The molecular formula is C18H22FNO. The van der Waals surface area contributed by atoms with Crippen molar-refractivity contribution in [2.45, 2.75) is 33.2 Å². The third kappa shape index (κ3) is 4.48. The number of anilines is 1. The second-order valence-corrected chi connectivity index (χ2v) is 5.31. The van der Waals surface area contributed by atoms with Gasteiger partial charge in [-0.2, -0.15) is 0 Å². The molecule has 0 bridgehead atoms. The third-order valence-corrected chi connectivity index (χ3v) is 3.29. The molecule has 1 atom stereocenters. The topological polar surface area (TPSA) is 21.3 Å². The van der Waals surface area contributed by atoms with E-state index >= 15 is 0 Å². The number of ether oxygens (including phenoxy) is 1. The van der Waals surface area contributed by atoms with E-state index in [2.05, 4.69) is 18.3 Å². The lowest BCUT2D eigenvalue weighted by atomic mass is 10.1. The SMILES string of the molecule is CCOc1cc(C)ccc1NC(C)Cc1ccc(F)cc1. The minimum Gasteiger partial charge on any atom is -0.492 e. The fourth-order valence-corrected chi connectivity index (χ4v) is 2.31. The Kier molecular flexibility index (Phi) is 5.20. The first-order chi connectivity index (χ1) is 10.1. The van der Waals surface area contributed by atoms with E-state index in [0.29, 0.717) is 6.61 Å². The molecule has 0 radical (unpaired) electrons. The first-order valence-corrected chi connectivity index (χ1v) is 7.33. The molecule has 112 valence electrons. The Morgan fingerprint density at radius 1 is 1.14 bits per heavy atom. The van der Waals surface area contributed by atoms with Crippen LogP contribution in [-0.4, -0.2) is 12.6 Å². The van der Waals surface area contributed by atoms with Crippen molar-refractivity contribution in [3.63, 3.8) is 0 Å². The maximum Gasteiger partial charge on any atom is 0.142 e. The molecule has 2 aromatic carbocycles. The van der Waals surface area contributed by atoms with Crippen molar-refractivity contribution in [3.05, 3.63) is 59.4 Å². The van der Waals surface area contributed by atoms with E-state index in [1.807, 2.05) is 38.1 Å². The number of aryl methyl sites for hydroxylation is 1. The van der Waals surface area contributed by atoms with Gasteiger partial charge in [-0.05, 0) is 62.6 Å². The monoisotopic (exact) mass is 287 g/mol. The lowest BCUT2D eigenvalue weighted by Gasteiger charge is -2.18. The molecule has 0 aliphatic heterocycles. The van der Waals surface area contributed by atoms with E-state index < -0.39 is 0 Å². The zero-order valence-electron chi connectivity index (χ0n) is 12.8. The summed E-state index contributed by atoms with van der Waals surface area (Å²) in [6, 6.07) is 13.0. The highest BCUT2D eigenvalue weighted by Crippen LogP contribution is 2.26. The second kappa shape index (κ2) is 7.11. The summed E-state index contributed by atoms with van der Waals surface area (Å²) in [7, 11) is 0. The van der Waals surface area contributed by atoms with Gasteiger partial charge in [-0.25, -0.2) is 4.39 Å². The lowest BCUT2D eigenvalue weighted by Crippen LogP contribution is -2.18. The highest BCUT2D eigenvalue weighted by Gasteiger charge is 2.08. The van der Waals surface area contributed by atoms with Gasteiger partial charge in [-0.1, -0.05) is 18.2 Å². The first-order valence-electron chi connectivity index (χ1n) is 7.33. The molecule has 0 aromatic heterocycles. The average Bonchev–Trinajstić information content (AvgIpc) is 2.45. The van der Waals surface area contributed by atoms with Gasteiger partial charge in [-0.3, -0.25) is 0 Å². The van der Waals surface area contributed by atoms with Gasteiger partial charge in [0.25, 0.3) is 0 Å². The molecule has 0 amide bonds. The predicted molar refractivity (Wildman–Crippen MR) is 85.5 cm³/mol. The Balaban J connectivity index is 2.05. The van der Waals surface area contributed by atoms with Gasteiger partial charge >= 0.3 is 0 Å². The summed E-state index contributed by atoms with van der Waals surface area (Å²) in [5, 5.41) is 3.47. The minimum absolute atomic E-state index is 0.198. The summed E-state index contributed by atoms with van der Waals surface area (Å²) in [6.07, 6.45) is 0.833. The van der Waals surface area contributed by atoms with Crippen LogP contribution in [0.1, 0.15) is 25.0 Å². The minimum atomic E-state index is -0.198. The van der Waals surface area contributed by atoms with Crippen LogP contribution in [0.15, 0.2) is 42.5 Å². The molecule has 2 aromatic rings. The average molecular weight is 287 g/mol. The van der Waals surface area contributed by atoms with Crippen LogP contribution >= 0.6 is 0 Å². The predicted octanol–water partition coefficient (Wildman–Crippen LogP) is 4.58. The fourth-order valence-electron chi connectivity index (χ4n) is 2.31. The second-order valence-electron chi connectivity index (χ2n) is 5.31. The summed E-state index contributed by atoms with van der Waals surface area (Å²) >= 11 is 0. The lowest BCUT2D eigenvalue weighted by molar-refractivity contribution is 0.341. The molecule has 1 N–H and O–H groups in total. The number of hydrogen-bond acceptors (Lipinski definition) is 2. The molecule has 0 aliphatic carbocycles. The van der Waals surface area contributed by atoms with Crippen molar-refractivity contribution in [1.29, 1.82) is 0 Å². The van der Waals surface area contributed by atoms with E-state index in [0.717, 1.165) is 23.4 Å². The standard InChI is InChI=1S/C18H22FNO/c1-4-21-18-11-13(2)5-10-17(18)20-14(3)12-15-6-8-16(19)9-7-15/h5-11,14,20H,4,12H2,1-3H3. The molecule has 2 rings (SSSR count). The van der Waals surface area contributed by atoms with Crippen molar-refractivity contribution < 1.29 is 9.13 Å². The molecule has 21 heavy (non-hydrogen) atoms. The van der Waals surface area contributed by atoms with Crippen LogP contribution in [0.2, 0.25) is 0 Å². The molecule has 3 heteroatoms. The molecular weight excluding hydrogens is 265 g/mol. The van der Waals surface area contributed by atoms with Crippen molar-refractivity contribution >= 4 is 5.69 Å². The Hall–Kier alpha value is -2.03. The van der Waals surface area contributed by atoms with Crippen LogP contribution in [-0.2, 0) is 6.42 Å². The smallest absolute Gasteiger partial charge is 0.142 e. The van der Waals surface area contributed by atoms with Crippen LogP contribution in [0.3, 0.4) is 0 Å². The van der Waals surface area contributed by atoms with Crippen molar-refractivity contribution in [3.8, 4) is 5.75 Å². The van der Waals surface area contributed by atoms with Gasteiger partial charge in [-0.15, -0.1) is 0 Å². The Bertz CT molecular complexity index is 580. The maximum atomic E-state index is 12.9. The molecule has 0 aliphatic rings. The van der Waals surface area contributed by atoms with Crippen molar-refractivity contribution in [2.75, 3.05) is 11.9 Å². The molecule has 0 saturated carbocycles. The summed E-state index contributed by atoms with van der Waals surface area (Å²) in [6.45, 7) is 6.78. The zero-order chi connectivity index (χ0) is 15.2. The third-order valence-electron chi connectivity index (χ3n) is 3.29. The van der Waals surface area contributed by atoms with E-state index in [4.69, 9.17) is 4.74 Å². The quantitative estimate of drug-likeness (QED) is 0.840. The molecule has 0 saturated heterocycles. The number of hydrogen-bond donors (Lipinski definition) is 1. The highest BCUT2D eigenvalue weighted by molar-refractivity contribution is 5.58. The fraction of sp³-hybridized carbons (Fsp3) is 0.333. The zero-order valence-corrected chi connectivity index (χ0v) is 12.8. The van der Waals surface area contributed by atoms with Crippen LogP contribution in [0, 0.1) is 12.7 Å². The van der Waals surface area contributed by atoms with Crippen LogP contribution in [0.25, 0.3) is 0 Å². The van der Waals surface area contributed by atoms with Crippen LogP contribution in [0.5, 0.6) is 5.75 Å². The summed E-state index contributed by atoms with van der Waals surface area (Å²) in [5.41, 5.74) is 3.29. The molecule has 0 heterocycles. The number of rotatable bonds is 6.